The summed E-state index contributed by atoms with van der Waals surface area (Å²) in [6, 6.07) is 0. The van der Waals surface area contributed by atoms with Crippen molar-refractivity contribution >= 4 is 11.9 Å². The number of carbonyl (C=O) groups excluding carboxylic acids is 1. The number of carbonyl (C=O) groups is 2. The molecule has 0 radical (unpaired) electrons. The van der Waals surface area contributed by atoms with E-state index in [2.05, 4.69) is 6.92 Å². The first kappa shape index (κ1) is 22.6. The lowest BCUT2D eigenvalue weighted by molar-refractivity contribution is -0.873. The Hall–Kier alpha value is -1.36. The molecule has 1 atom stereocenters. The lowest BCUT2D eigenvalue weighted by Crippen LogP contribution is -2.43. The fourth-order valence-electron chi connectivity index (χ4n) is 2.52. The van der Waals surface area contributed by atoms with Crippen LogP contribution < -0.4 is 0 Å². The molecule has 0 saturated carbocycles. The number of hydrogen-bond donors (Lipinski definition) is 1. The van der Waals surface area contributed by atoms with Crippen LogP contribution in [-0.2, 0) is 14.3 Å². The van der Waals surface area contributed by atoms with Gasteiger partial charge in [-0.3, -0.25) is 9.59 Å². The Labute approximate surface area is 147 Å². The van der Waals surface area contributed by atoms with E-state index in [0.29, 0.717) is 11.0 Å². The number of carboxylic acids is 1. The van der Waals surface area contributed by atoms with Crippen molar-refractivity contribution in [3.05, 3.63) is 12.2 Å². The highest BCUT2D eigenvalue weighted by molar-refractivity contribution is 5.72. The van der Waals surface area contributed by atoms with Crippen LogP contribution in [0.3, 0.4) is 0 Å². The molecule has 0 heterocycles. The number of hydrogen-bond acceptors (Lipinski definition) is 3. The smallest absolute Gasteiger partial charge is 0.310 e. The van der Waals surface area contributed by atoms with Crippen LogP contribution in [0.2, 0.25) is 0 Å². The molecular formula is C19H36NO4+. The molecule has 0 rings (SSSR count). The summed E-state index contributed by atoms with van der Waals surface area (Å²) in [7, 11) is 5.84. The van der Waals surface area contributed by atoms with Crippen LogP contribution in [0.25, 0.3) is 0 Å². The SMILES string of the molecule is CCCCCCCCC=CCC(=O)OC(CC(=O)O)C[N+](C)(C)C. The lowest BCUT2D eigenvalue weighted by Gasteiger charge is -2.28. The van der Waals surface area contributed by atoms with Crippen LogP contribution in [0, 0.1) is 0 Å². The third-order valence-electron chi connectivity index (χ3n) is 3.63. The van der Waals surface area contributed by atoms with E-state index in [1.807, 2.05) is 33.3 Å². The number of ether oxygens (including phenoxy) is 1. The number of allylic oxidation sites excluding steroid dienone is 1. The van der Waals surface area contributed by atoms with Gasteiger partial charge in [-0.1, -0.05) is 51.2 Å². The first-order valence-electron chi connectivity index (χ1n) is 9.11. The second-order valence-electron chi connectivity index (χ2n) is 7.41. The zero-order valence-electron chi connectivity index (χ0n) is 15.9. The molecule has 0 amide bonds. The Kier molecular flexibility index (Phi) is 12.3. The minimum atomic E-state index is -0.945. The summed E-state index contributed by atoms with van der Waals surface area (Å²) in [5.74, 6) is -1.30. The summed E-state index contributed by atoms with van der Waals surface area (Å²) in [4.78, 5) is 22.7. The fourth-order valence-corrected chi connectivity index (χ4v) is 2.52. The number of carboxylic acid groups (broad SMARTS) is 1. The second kappa shape index (κ2) is 13.0. The van der Waals surface area contributed by atoms with Gasteiger partial charge in [0.1, 0.15) is 6.54 Å². The van der Waals surface area contributed by atoms with Gasteiger partial charge in [0.05, 0.1) is 34.0 Å². The second-order valence-corrected chi connectivity index (χ2v) is 7.41. The Balaban J connectivity index is 3.98. The van der Waals surface area contributed by atoms with Crippen molar-refractivity contribution in [2.24, 2.45) is 0 Å². The van der Waals surface area contributed by atoms with Crippen LogP contribution >= 0.6 is 0 Å². The summed E-state index contributed by atoms with van der Waals surface area (Å²) in [5, 5.41) is 8.93. The Morgan fingerprint density at radius 2 is 1.67 bits per heavy atom. The fraction of sp³-hybridized carbons (Fsp3) is 0.789. The van der Waals surface area contributed by atoms with Gasteiger partial charge in [-0.05, 0) is 12.8 Å². The van der Waals surface area contributed by atoms with E-state index in [1.165, 1.54) is 32.1 Å². The monoisotopic (exact) mass is 342 g/mol. The molecule has 140 valence electrons. The number of quaternary nitrogens is 1. The van der Waals surface area contributed by atoms with Gasteiger partial charge in [-0.15, -0.1) is 0 Å². The summed E-state index contributed by atoms with van der Waals surface area (Å²) in [6.07, 6.45) is 11.9. The van der Waals surface area contributed by atoms with Crippen molar-refractivity contribution in [1.82, 2.24) is 0 Å². The molecule has 0 saturated heterocycles. The van der Waals surface area contributed by atoms with Crippen molar-refractivity contribution < 1.29 is 23.9 Å². The highest BCUT2D eigenvalue weighted by atomic mass is 16.5. The standard InChI is InChI=1S/C19H35NO4/c1-5-6-7-8-9-10-11-12-13-14-19(23)24-17(15-18(21)22)16-20(2,3)4/h12-13,17H,5-11,14-16H2,1-4H3/p+1. The molecule has 0 spiro atoms. The summed E-state index contributed by atoms with van der Waals surface area (Å²) < 4.78 is 5.88. The quantitative estimate of drug-likeness (QED) is 0.226. The topological polar surface area (TPSA) is 63.6 Å². The number of nitrogens with zero attached hydrogens (tertiary/aromatic N) is 1. The summed E-state index contributed by atoms with van der Waals surface area (Å²) in [5.41, 5.74) is 0. The third kappa shape index (κ3) is 15.5. The van der Waals surface area contributed by atoms with E-state index < -0.39 is 12.1 Å². The molecule has 1 N–H and O–H groups in total. The van der Waals surface area contributed by atoms with Crippen molar-refractivity contribution in [2.45, 2.75) is 70.8 Å². The van der Waals surface area contributed by atoms with Crippen LogP contribution in [0.1, 0.15) is 64.7 Å². The Bertz CT molecular complexity index is 385. The highest BCUT2D eigenvalue weighted by Crippen LogP contribution is 2.09. The molecule has 24 heavy (non-hydrogen) atoms. The number of unbranched alkanes of at least 4 members (excludes halogenated alkanes) is 6. The molecule has 5 heteroatoms. The molecule has 0 bridgehead atoms. The average Bonchev–Trinajstić information content (AvgIpc) is 2.42. The zero-order valence-corrected chi connectivity index (χ0v) is 15.9. The number of esters is 1. The molecule has 0 aromatic heterocycles. The molecule has 0 aromatic carbocycles. The van der Waals surface area contributed by atoms with Gasteiger partial charge in [0.25, 0.3) is 0 Å². The highest BCUT2D eigenvalue weighted by Gasteiger charge is 2.24. The largest absolute Gasteiger partial charge is 0.481 e. The number of rotatable bonds is 14. The van der Waals surface area contributed by atoms with Gasteiger partial charge in [0.2, 0.25) is 0 Å². The van der Waals surface area contributed by atoms with E-state index in [-0.39, 0.29) is 18.8 Å². The van der Waals surface area contributed by atoms with Crippen LogP contribution in [-0.4, -0.2) is 55.3 Å². The first-order valence-corrected chi connectivity index (χ1v) is 9.11. The van der Waals surface area contributed by atoms with Gasteiger partial charge in [-0.25, -0.2) is 0 Å². The minimum absolute atomic E-state index is 0.150. The summed E-state index contributed by atoms with van der Waals surface area (Å²) in [6.45, 7) is 2.70. The lowest BCUT2D eigenvalue weighted by atomic mass is 10.1. The van der Waals surface area contributed by atoms with E-state index in [9.17, 15) is 9.59 Å². The average molecular weight is 343 g/mol. The van der Waals surface area contributed by atoms with Crippen molar-refractivity contribution in [1.29, 1.82) is 0 Å². The minimum Gasteiger partial charge on any atom is -0.481 e. The van der Waals surface area contributed by atoms with Crippen LogP contribution in [0.5, 0.6) is 0 Å². The zero-order chi connectivity index (χ0) is 18.4. The number of likely N-dealkylation sites (N-methyl/N-ethyl adjacent to an activating group) is 1. The maximum Gasteiger partial charge on any atom is 0.310 e. The third-order valence-corrected chi connectivity index (χ3v) is 3.63. The normalized spacial score (nSPS) is 13.2. The predicted octanol–water partition coefficient (Wildman–Crippen LogP) is 3.78. The van der Waals surface area contributed by atoms with Gasteiger partial charge >= 0.3 is 11.9 Å². The van der Waals surface area contributed by atoms with E-state index in [4.69, 9.17) is 9.84 Å². The molecular weight excluding hydrogens is 306 g/mol. The molecule has 0 aliphatic rings. The number of aliphatic carboxylic acids is 1. The maximum absolute atomic E-state index is 11.9. The van der Waals surface area contributed by atoms with Crippen molar-refractivity contribution in [3.63, 3.8) is 0 Å². The van der Waals surface area contributed by atoms with Crippen molar-refractivity contribution in [2.75, 3.05) is 27.7 Å². The van der Waals surface area contributed by atoms with Crippen LogP contribution in [0.15, 0.2) is 12.2 Å². The van der Waals surface area contributed by atoms with E-state index >= 15 is 0 Å². The van der Waals surface area contributed by atoms with Gasteiger partial charge < -0.3 is 14.3 Å². The molecule has 0 aliphatic carbocycles. The molecule has 0 aliphatic heterocycles. The summed E-state index contributed by atoms with van der Waals surface area (Å²) >= 11 is 0. The van der Waals surface area contributed by atoms with Gasteiger partial charge in [0.15, 0.2) is 6.10 Å². The van der Waals surface area contributed by atoms with Gasteiger partial charge in [-0.2, -0.15) is 0 Å². The maximum atomic E-state index is 11.9. The molecule has 0 aromatic rings. The van der Waals surface area contributed by atoms with E-state index in [0.717, 1.165) is 12.8 Å². The predicted molar refractivity (Wildman–Crippen MR) is 96.8 cm³/mol. The molecule has 5 nitrogen and oxygen atoms in total. The first-order chi connectivity index (χ1) is 11.2. The Morgan fingerprint density at radius 3 is 2.25 bits per heavy atom. The molecule has 0 fully saturated rings. The van der Waals surface area contributed by atoms with Gasteiger partial charge in [0, 0.05) is 0 Å². The van der Waals surface area contributed by atoms with E-state index in [1.54, 1.807) is 0 Å². The Morgan fingerprint density at radius 1 is 1.04 bits per heavy atom. The van der Waals surface area contributed by atoms with Crippen LogP contribution in [0.4, 0.5) is 0 Å². The van der Waals surface area contributed by atoms with Crippen molar-refractivity contribution in [3.8, 4) is 0 Å². The molecule has 1 unspecified atom stereocenters.